The Hall–Kier alpha value is -6.33. The van der Waals surface area contributed by atoms with Crippen molar-refractivity contribution in [1.82, 2.24) is 45.3 Å². The van der Waals surface area contributed by atoms with Crippen LogP contribution in [0.1, 0.15) is 67.8 Å². The van der Waals surface area contributed by atoms with Gasteiger partial charge in [0.05, 0.1) is 33.9 Å². The number of aryl methyl sites for hydroxylation is 1. The SMILES string of the molecule is Cc1ncsc1-c1ccc([C@H](C)NC(=O)[C@@H]2C[C@@H](O)CN2C(=O)[C@@H](c2cc(N3CCN(C(=O)N4CC(c5cc6cc(-c7ccccc7O)nnc6[nH]5)C4)CC3)no2)C(C)C)cc1. The molecule has 0 spiro atoms. The number of urea groups is 1. The van der Waals surface area contributed by atoms with E-state index < -0.39 is 18.1 Å². The number of nitrogens with one attached hydrogen (secondary N) is 2. The molecule has 0 saturated carbocycles. The summed E-state index contributed by atoms with van der Waals surface area (Å²) in [6, 6.07) is 19.6. The molecule has 3 fully saturated rings. The largest absolute Gasteiger partial charge is 0.507 e. The first-order valence-electron chi connectivity index (χ1n) is 21.1. The Morgan fingerprint density at radius 1 is 0.935 bits per heavy atom. The molecule has 0 radical (unpaired) electrons. The Labute approximate surface area is 362 Å². The second-order valence-corrected chi connectivity index (χ2v) is 17.8. The zero-order valence-corrected chi connectivity index (χ0v) is 35.9. The highest BCUT2D eigenvalue weighted by Gasteiger charge is 2.44. The van der Waals surface area contributed by atoms with Gasteiger partial charge in [0.25, 0.3) is 0 Å². The number of nitrogens with zero attached hydrogens (tertiary/aromatic N) is 8. The van der Waals surface area contributed by atoms with Gasteiger partial charge >= 0.3 is 6.03 Å². The average Bonchev–Trinajstić information content (AvgIpc) is 4.07. The van der Waals surface area contributed by atoms with E-state index in [0.29, 0.717) is 67.8 Å². The van der Waals surface area contributed by atoms with Crippen molar-refractivity contribution >= 4 is 46.0 Å². The molecule has 7 heterocycles. The van der Waals surface area contributed by atoms with Crippen LogP contribution in [0.5, 0.6) is 5.75 Å². The van der Waals surface area contributed by atoms with Crippen LogP contribution in [-0.2, 0) is 9.59 Å². The summed E-state index contributed by atoms with van der Waals surface area (Å²) in [6.07, 6.45) is -0.692. The van der Waals surface area contributed by atoms with Gasteiger partial charge < -0.3 is 44.6 Å². The maximum Gasteiger partial charge on any atom is 0.320 e. The van der Waals surface area contributed by atoms with E-state index >= 15 is 0 Å². The third-order valence-corrected chi connectivity index (χ3v) is 13.4. The number of aliphatic hydroxyl groups excluding tert-OH is 1. The van der Waals surface area contributed by atoms with Gasteiger partial charge in [0, 0.05) is 80.9 Å². The smallest absolute Gasteiger partial charge is 0.320 e. The lowest BCUT2D eigenvalue weighted by Gasteiger charge is -2.43. The summed E-state index contributed by atoms with van der Waals surface area (Å²) in [5.41, 5.74) is 7.65. The predicted molar refractivity (Wildman–Crippen MR) is 234 cm³/mol. The van der Waals surface area contributed by atoms with Crippen LogP contribution in [-0.4, -0.2) is 126 Å². The topological polar surface area (TPSA) is 197 Å². The van der Waals surface area contributed by atoms with Crippen LogP contribution in [0, 0.1) is 12.8 Å². The molecular weight excluding hydrogens is 809 g/mol. The molecule has 3 aliphatic heterocycles. The minimum Gasteiger partial charge on any atom is -0.507 e. The van der Waals surface area contributed by atoms with Gasteiger partial charge in [-0.3, -0.25) is 9.59 Å². The number of fused-ring (bicyclic) bond motifs is 1. The van der Waals surface area contributed by atoms with Crippen molar-refractivity contribution in [2.45, 2.75) is 64.1 Å². The average molecular weight is 859 g/mol. The van der Waals surface area contributed by atoms with Crippen LogP contribution in [0.25, 0.3) is 32.7 Å². The summed E-state index contributed by atoms with van der Waals surface area (Å²) < 4.78 is 5.84. The Kier molecular flexibility index (Phi) is 11.2. The maximum absolute atomic E-state index is 14.3. The number of anilines is 1. The molecule has 4 N–H and O–H groups in total. The molecule has 4 atom stereocenters. The number of aromatic amines is 1. The van der Waals surface area contributed by atoms with Gasteiger partial charge in [0.15, 0.2) is 17.2 Å². The van der Waals surface area contributed by atoms with Crippen LogP contribution >= 0.6 is 11.3 Å². The van der Waals surface area contributed by atoms with E-state index in [-0.39, 0.29) is 54.4 Å². The molecule has 16 nitrogen and oxygen atoms in total. The normalized spacial score (nSPS) is 19.3. The van der Waals surface area contributed by atoms with Gasteiger partial charge in [-0.05, 0) is 55.2 Å². The summed E-state index contributed by atoms with van der Waals surface area (Å²) in [7, 11) is 0. The number of carbonyl (C=O) groups excluding carboxylic acids is 3. The first kappa shape index (κ1) is 41.0. The zero-order valence-electron chi connectivity index (χ0n) is 35.1. The number of amides is 4. The van der Waals surface area contributed by atoms with Gasteiger partial charge in [-0.15, -0.1) is 21.5 Å². The maximum atomic E-state index is 14.3. The fraction of sp³-hybridized carbons (Fsp3) is 0.400. The highest BCUT2D eigenvalue weighted by Crippen LogP contribution is 2.35. The van der Waals surface area contributed by atoms with Gasteiger partial charge in [0.2, 0.25) is 11.8 Å². The number of aliphatic hydroxyl groups is 1. The van der Waals surface area contributed by atoms with E-state index in [1.165, 1.54) is 4.90 Å². The van der Waals surface area contributed by atoms with Crippen molar-refractivity contribution in [1.29, 1.82) is 0 Å². The van der Waals surface area contributed by atoms with Crippen LogP contribution in [0.15, 0.2) is 76.8 Å². The number of aromatic nitrogens is 5. The lowest BCUT2D eigenvalue weighted by molar-refractivity contribution is -0.141. The highest BCUT2D eigenvalue weighted by molar-refractivity contribution is 7.13. The molecule has 322 valence electrons. The Morgan fingerprint density at radius 3 is 2.40 bits per heavy atom. The zero-order chi connectivity index (χ0) is 43.2. The number of piperazine rings is 1. The first-order chi connectivity index (χ1) is 29.9. The molecule has 3 aliphatic rings. The van der Waals surface area contributed by atoms with Gasteiger partial charge in [0.1, 0.15) is 17.7 Å². The molecule has 4 amide bonds. The third-order valence-electron chi connectivity index (χ3n) is 12.4. The molecule has 9 rings (SSSR count). The van der Waals surface area contributed by atoms with E-state index in [2.05, 4.69) is 35.5 Å². The number of β-amino-alcohol motifs (C(OH)–C–C–N with tert-alkyl or cyclic N) is 1. The third kappa shape index (κ3) is 7.97. The number of H-pyrrole nitrogens is 1. The number of benzene rings is 2. The van der Waals surface area contributed by atoms with E-state index in [4.69, 9.17) is 4.52 Å². The second kappa shape index (κ2) is 16.9. The summed E-state index contributed by atoms with van der Waals surface area (Å²) in [5, 5.41) is 37.9. The number of thiazole rings is 1. The van der Waals surface area contributed by atoms with Gasteiger partial charge in [-0.25, -0.2) is 9.78 Å². The number of hydrogen-bond acceptors (Lipinski definition) is 12. The number of hydrogen-bond donors (Lipinski definition) is 4. The molecule has 0 bridgehead atoms. The molecule has 17 heteroatoms. The van der Waals surface area contributed by atoms with Crippen molar-refractivity contribution < 1.29 is 29.1 Å². The Balaban J connectivity index is 0.784. The fourth-order valence-electron chi connectivity index (χ4n) is 8.84. The number of carbonyl (C=O) groups is 3. The van der Waals surface area contributed by atoms with Gasteiger partial charge in [-0.2, -0.15) is 0 Å². The summed E-state index contributed by atoms with van der Waals surface area (Å²) in [4.78, 5) is 57.6. The highest BCUT2D eigenvalue weighted by atomic mass is 32.1. The number of aromatic hydroxyl groups is 1. The van der Waals surface area contributed by atoms with E-state index in [0.717, 1.165) is 32.8 Å². The van der Waals surface area contributed by atoms with Crippen molar-refractivity contribution in [3.63, 3.8) is 0 Å². The fourth-order valence-corrected chi connectivity index (χ4v) is 9.66. The van der Waals surface area contributed by atoms with Crippen molar-refractivity contribution in [3.05, 3.63) is 95.0 Å². The lowest BCUT2D eigenvalue weighted by atomic mass is 9.91. The predicted octanol–water partition coefficient (Wildman–Crippen LogP) is 5.67. The van der Waals surface area contributed by atoms with Crippen LogP contribution in [0.3, 0.4) is 0 Å². The van der Waals surface area contributed by atoms with Crippen LogP contribution in [0.2, 0.25) is 0 Å². The second-order valence-electron chi connectivity index (χ2n) is 17.0. The summed E-state index contributed by atoms with van der Waals surface area (Å²) in [6.45, 7) is 11.0. The van der Waals surface area contributed by atoms with E-state index in [9.17, 15) is 24.6 Å². The molecule has 0 unspecified atom stereocenters. The molecule has 62 heavy (non-hydrogen) atoms. The molecule has 3 saturated heterocycles. The Morgan fingerprint density at radius 2 is 1.69 bits per heavy atom. The molecule has 2 aromatic carbocycles. The van der Waals surface area contributed by atoms with Crippen LogP contribution < -0.4 is 10.2 Å². The van der Waals surface area contributed by atoms with E-state index in [1.807, 2.05) is 85.5 Å². The number of phenols is 1. The number of para-hydroxylation sites is 1. The number of rotatable bonds is 10. The monoisotopic (exact) mass is 858 g/mol. The van der Waals surface area contributed by atoms with Crippen molar-refractivity contribution in [3.8, 4) is 27.4 Å². The van der Waals surface area contributed by atoms with Crippen LogP contribution in [0.4, 0.5) is 10.6 Å². The molecule has 4 aromatic heterocycles. The lowest BCUT2D eigenvalue weighted by Crippen LogP contribution is -2.58. The number of likely N-dealkylation sites (tertiary alicyclic amines) is 2. The Bertz CT molecular complexity index is 2590. The summed E-state index contributed by atoms with van der Waals surface area (Å²) >= 11 is 1.59. The minimum absolute atomic E-state index is 0.00867. The molecule has 0 aliphatic carbocycles. The summed E-state index contributed by atoms with van der Waals surface area (Å²) in [5.74, 6) is -0.242. The standard InChI is InChI=1S/C45H50N10O6S/c1-25(2)40(44(59)55-23-32(56)19-36(55)43(58)47-26(3)28-9-11-29(12-10-28)41-27(4)46-24-62-41)38-20-39(51-61-38)52-13-15-53(16-14-52)45(60)54-21-31(22-54)34-17-30-18-35(49-50-42(30)48-34)33-7-5-6-8-37(33)57/h5-12,17-18,20,24-26,31-32,36,40,56-57H,13-16,19,21-23H2,1-4H3,(H,47,58)(H,48,50)/t26-,32+,36-,40+/m0/s1. The van der Waals surface area contributed by atoms with Crippen molar-refractivity contribution in [2.24, 2.45) is 5.92 Å². The van der Waals surface area contributed by atoms with E-state index in [1.54, 1.807) is 35.6 Å². The molecular formula is C45H50N10O6S. The number of phenolic OH excluding ortho intramolecular Hbond substituents is 1. The van der Waals surface area contributed by atoms with Crippen molar-refractivity contribution in [2.75, 3.05) is 50.7 Å². The first-order valence-corrected chi connectivity index (χ1v) is 22.0. The molecule has 6 aromatic rings. The van der Waals surface area contributed by atoms with Gasteiger partial charge in [-0.1, -0.05) is 55.4 Å². The quantitative estimate of drug-likeness (QED) is 0.133. The minimum atomic E-state index is -0.837.